The molecular weight excluding hydrogens is 985 g/mol. The molecule has 2 heterocycles. The van der Waals surface area contributed by atoms with Crippen molar-refractivity contribution in [1.82, 2.24) is 31.9 Å². The van der Waals surface area contributed by atoms with E-state index < -0.39 is 35.8 Å². The van der Waals surface area contributed by atoms with Crippen molar-refractivity contribution in [3.8, 4) is 17.2 Å². The first-order valence-electron chi connectivity index (χ1n) is 25.2. The summed E-state index contributed by atoms with van der Waals surface area (Å²) in [5.74, 6) is -3.20. The highest BCUT2D eigenvalue weighted by atomic mass is 32.2. The Bertz CT molecular complexity index is 2540. The number of unbranched alkanes of at least 4 members (excludes halogenated alkanes) is 3. The Kier molecular flexibility index (Phi) is 22.9. The summed E-state index contributed by atoms with van der Waals surface area (Å²) < 4.78 is 5.93. The topological polar surface area (TPSA) is 361 Å². The van der Waals surface area contributed by atoms with Gasteiger partial charge in [-0.2, -0.15) is 11.8 Å². The number of aromatic hydroxyl groups is 2. The van der Waals surface area contributed by atoms with Gasteiger partial charge in [0.15, 0.2) is 5.96 Å². The van der Waals surface area contributed by atoms with Crippen LogP contribution in [0.15, 0.2) is 71.2 Å². The van der Waals surface area contributed by atoms with Crippen molar-refractivity contribution in [2.24, 2.45) is 27.9 Å². The highest BCUT2D eigenvalue weighted by Crippen LogP contribution is 2.33. The highest BCUT2D eigenvalue weighted by molar-refractivity contribution is 8.00. The number of carbonyl (C=O) groups is 7. The number of thioether (sulfide) groups is 1. The maximum absolute atomic E-state index is 14.2. The van der Waals surface area contributed by atoms with Crippen LogP contribution in [0.3, 0.4) is 0 Å². The van der Waals surface area contributed by atoms with Crippen molar-refractivity contribution in [3.05, 3.63) is 82.9 Å². The second-order valence-electron chi connectivity index (χ2n) is 18.7. The number of hydrogen-bond donors (Lipinski definition) is 12. The molecule has 0 aliphatic carbocycles. The van der Waals surface area contributed by atoms with Gasteiger partial charge in [-0.05, 0) is 125 Å². The number of amides is 7. The first kappa shape index (κ1) is 58.4. The summed E-state index contributed by atoms with van der Waals surface area (Å²) in [4.78, 5) is 97.4. The number of nitrogens with zero attached hydrogens (tertiary/aromatic N) is 2. The zero-order valence-electron chi connectivity index (χ0n) is 42.5. The van der Waals surface area contributed by atoms with Crippen molar-refractivity contribution in [2.75, 3.05) is 44.4 Å². The van der Waals surface area contributed by atoms with Crippen molar-refractivity contribution < 1.29 is 48.5 Å². The maximum Gasteiger partial charge on any atom is 0.339 e. The first-order chi connectivity index (χ1) is 35.9. The summed E-state index contributed by atoms with van der Waals surface area (Å²) in [6.07, 6.45) is 6.97. The van der Waals surface area contributed by atoms with E-state index in [1.807, 2.05) is 25.9 Å². The van der Waals surface area contributed by atoms with Crippen LogP contribution in [0.5, 0.6) is 17.2 Å². The van der Waals surface area contributed by atoms with E-state index in [1.54, 1.807) is 35.2 Å². The minimum Gasteiger partial charge on any atom is -0.508 e. The average molecular weight is 1060 g/mol. The van der Waals surface area contributed by atoms with Crippen LogP contribution < -0.4 is 64.5 Å². The number of carbonyl (C=O) groups excluding carboxylic acids is 7. The van der Waals surface area contributed by atoms with E-state index in [9.17, 15) is 43.8 Å². The third-order valence-electron chi connectivity index (χ3n) is 12.6. The van der Waals surface area contributed by atoms with E-state index in [2.05, 4.69) is 36.9 Å². The number of fused-ring (bicyclic) bond motifs is 1. The number of aliphatic imine (C=N–C) groups is 1. The molecule has 2 saturated heterocycles. The molecule has 0 spiro atoms. The van der Waals surface area contributed by atoms with Crippen LogP contribution in [0.2, 0.25) is 0 Å². The summed E-state index contributed by atoms with van der Waals surface area (Å²) in [7, 11) is 3.63. The third-order valence-corrected chi connectivity index (χ3v) is 14.1. The lowest BCUT2D eigenvalue weighted by atomic mass is 10.0. The number of primary amides is 1. The Morgan fingerprint density at radius 1 is 0.827 bits per heavy atom. The maximum atomic E-state index is 14.2. The van der Waals surface area contributed by atoms with E-state index in [-0.39, 0.29) is 95.6 Å². The molecule has 3 aromatic rings. The molecule has 2 fully saturated rings. The van der Waals surface area contributed by atoms with Crippen LogP contribution in [0.25, 0.3) is 6.08 Å². The van der Waals surface area contributed by atoms with E-state index >= 15 is 0 Å². The number of urea groups is 1. The SMILES string of the molecule is CN(C)c1ccc(/C=C(\CCCCNC(=O)CCCCNC(=O)CCCC2SCC3NC(=O)NC32)C(=O)Oc2ccc(N=C(N)N)cc2C(=O)N[C@@H](CCCCN)C(=O)N[C@@H](Cc2ccc(O)cc2)C(N)=O)c(O)c1. The number of phenols is 2. The van der Waals surface area contributed by atoms with Crippen LogP contribution in [-0.4, -0.2) is 127 Å². The molecule has 0 bridgehead atoms. The lowest BCUT2D eigenvalue weighted by Crippen LogP contribution is -2.53. The smallest absolute Gasteiger partial charge is 0.339 e. The zero-order chi connectivity index (χ0) is 54.4. The zero-order valence-corrected chi connectivity index (χ0v) is 43.3. The first-order valence-corrected chi connectivity index (χ1v) is 26.2. The number of esters is 1. The molecule has 3 unspecified atom stereocenters. The number of nitrogens with one attached hydrogen (secondary N) is 6. The predicted octanol–water partition coefficient (Wildman–Crippen LogP) is 2.41. The Balaban J connectivity index is 1.20. The fraction of sp³-hybridized carbons (Fsp3) is 0.462. The van der Waals surface area contributed by atoms with Gasteiger partial charge in [0, 0.05) is 80.3 Å². The minimum absolute atomic E-state index is 0.00289. The quantitative estimate of drug-likeness (QED) is 0.00868. The summed E-state index contributed by atoms with van der Waals surface area (Å²) in [6, 6.07) is 12.7. The molecule has 23 heteroatoms. The second-order valence-corrected chi connectivity index (χ2v) is 20.0. The van der Waals surface area contributed by atoms with Gasteiger partial charge in [-0.3, -0.25) is 24.0 Å². The number of ether oxygens (including phenoxy) is 1. The summed E-state index contributed by atoms with van der Waals surface area (Å²) in [5, 5.41) is 38.0. The fourth-order valence-electron chi connectivity index (χ4n) is 8.47. The third kappa shape index (κ3) is 19.0. The van der Waals surface area contributed by atoms with Gasteiger partial charge in [0.1, 0.15) is 29.3 Å². The summed E-state index contributed by atoms with van der Waals surface area (Å²) in [6.45, 7) is 1.08. The molecule has 75 heavy (non-hydrogen) atoms. The number of anilines is 1. The summed E-state index contributed by atoms with van der Waals surface area (Å²) in [5.41, 5.74) is 24.4. The number of nitrogens with two attached hydrogens (primary N) is 4. The van der Waals surface area contributed by atoms with Gasteiger partial charge in [0.05, 0.1) is 23.3 Å². The standard InChI is InChI=1S/C52H72N12O10S/c1-64(2)35-19-17-32(41(66)29-35)27-33(10-4-7-24-57-44(67)13-5-8-25-58-45(68)14-9-12-43-46-40(30-75-43)62-52(73)63-46)50(72)74-42-22-18-34(59-51(55)56)28-37(42)48(70)60-38(11-3-6-23-53)49(71)61-39(47(54)69)26-31-15-20-36(65)21-16-31/h15-22,27-29,38-40,43,46,65-66H,3-14,23-26,30,53H2,1-2H3,(H2,54,69)(H,57,67)(H,58,68)(H,60,70)(H,61,71)(H4,55,56,59)(H2,62,63,73)/b33-27+/t38-,39-,40?,43?,46?/m0/s1. The molecule has 0 saturated carbocycles. The molecule has 22 nitrogen and oxygen atoms in total. The molecule has 5 atom stereocenters. The Morgan fingerprint density at radius 2 is 1.52 bits per heavy atom. The van der Waals surface area contributed by atoms with Crippen LogP contribution >= 0.6 is 11.8 Å². The Morgan fingerprint density at radius 3 is 2.17 bits per heavy atom. The van der Waals surface area contributed by atoms with Gasteiger partial charge in [-0.1, -0.05) is 12.1 Å². The molecule has 2 aliphatic rings. The van der Waals surface area contributed by atoms with Crippen LogP contribution in [0.4, 0.5) is 16.2 Å². The Labute approximate surface area is 441 Å². The van der Waals surface area contributed by atoms with Gasteiger partial charge in [0.2, 0.25) is 23.6 Å². The molecule has 406 valence electrons. The molecule has 0 radical (unpaired) electrons. The molecule has 3 aromatic carbocycles. The lowest BCUT2D eigenvalue weighted by molar-refractivity contribution is -0.130. The largest absolute Gasteiger partial charge is 0.508 e. The molecule has 2 aliphatic heterocycles. The monoisotopic (exact) mass is 1060 g/mol. The van der Waals surface area contributed by atoms with Crippen molar-refractivity contribution in [1.29, 1.82) is 0 Å². The lowest BCUT2D eigenvalue weighted by Gasteiger charge is -2.23. The van der Waals surface area contributed by atoms with Crippen LogP contribution in [0.1, 0.15) is 98.5 Å². The van der Waals surface area contributed by atoms with Crippen LogP contribution in [0, 0.1) is 0 Å². The molecule has 7 amide bonds. The number of hydrogen-bond acceptors (Lipinski definition) is 14. The highest BCUT2D eigenvalue weighted by Gasteiger charge is 2.42. The van der Waals surface area contributed by atoms with E-state index in [0.717, 1.165) is 18.6 Å². The van der Waals surface area contributed by atoms with E-state index in [4.69, 9.17) is 27.7 Å². The number of phenolic OH excluding ortho intramolecular Hbond substituents is 2. The number of benzene rings is 3. The van der Waals surface area contributed by atoms with Crippen molar-refractivity contribution in [2.45, 2.75) is 113 Å². The van der Waals surface area contributed by atoms with Gasteiger partial charge in [-0.25, -0.2) is 14.6 Å². The minimum atomic E-state index is -1.22. The fourth-order valence-corrected chi connectivity index (χ4v) is 10.0. The molecule has 16 N–H and O–H groups in total. The van der Waals surface area contributed by atoms with Crippen LogP contribution in [-0.2, 0) is 30.4 Å². The average Bonchev–Trinajstić information content (AvgIpc) is 3.92. The normalized spacial score (nSPS) is 16.5. The molecule has 0 aromatic heterocycles. The predicted molar refractivity (Wildman–Crippen MR) is 288 cm³/mol. The van der Waals surface area contributed by atoms with Crippen molar-refractivity contribution >= 4 is 76.7 Å². The molecule has 5 rings (SSSR count). The second kappa shape index (κ2) is 29.4. The molecular formula is C52H72N12O10S. The number of guanidine groups is 1. The van der Waals surface area contributed by atoms with Gasteiger partial charge >= 0.3 is 12.0 Å². The van der Waals surface area contributed by atoms with Crippen molar-refractivity contribution in [3.63, 3.8) is 0 Å². The van der Waals surface area contributed by atoms with Gasteiger partial charge < -0.3 is 74.7 Å². The number of rotatable bonds is 30. The van der Waals surface area contributed by atoms with E-state index in [1.165, 1.54) is 36.4 Å². The van der Waals surface area contributed by atoms with E-state index in [0.29, 0.717) is 86.6 Å². The summed E-state index contributed by atoms with van der Waals surface area (Å²) >= 11 is 1.82. The van der Waals surface area contributed by atoms with Gasteiger partial charge in [0.25, 0.3) is 5.91 Å². The van der Waals surface area contributed by atoms with Gasteiger partial charge in [-0.15, -0.1) is 0 Å². The Hall–Kier alpha value is -7.53.